The summed E-state index contributed by atoms with van der Waals surface area (Å²) in [6.07, 6.45) is -0.688. The van der Waals surface area contributed by atoms with Crippen molar-refractivity contribution in [1.29, 1.82) is 0 Å². The van der Waals surface area contributed by atoms with Crippen LogP contribution in [-0.4, -0.2) is 25.5 Å². The molecule has 0 atom stereocenters. The molecule has 7 heteroatoms. The molecule has 1 amide bonds. The third-order valence-corrected chi connectivity index (χ3v) is 1.97. The Bertz CT molecular complexity index is 432. The molecule has 0 fully saturated rings. The summed E-state index contributed by atoms with van der Waals surface area (Å²) in [6.45, 7) is -1.24. The van der Waals surface area contributed by atoms with E-state index in [4.69, 9.17) is 0 Å². The van der Waals surface area contributed by atoms with Crippen molar-refractivity contribution in [1.82, 2.24) is 5.32 Å². The second-order valence-electron chi connectivity index (χ2n) is 3.21. The summed E-state index contributed by atoms with van der Waals surface area (Å²) in [5.41, 5.74) is 1.06. The Labute approximate surface area is 102 Å². The van der Waals surface area contributed by atoms with Crippen LogP contribution in [0.2, 0.25) is 0 Å². The van der Waals surface area contributed by atoms with E-state index in [1.807, 2.05) is 0 Å². The Hall–Kier alpha value is -2.18. The van der Waals surface area contributed by atoms with Crippen LogP contribution in [0.5, 0.6) is 5.75 Å². The van der Waals surface area contributed by atoms with Gasteiger partial charge in [0.25, 0.3) is 0 Å². The highest BCUT2D eigenvalue weighted by molar-refractivity contribution is 5.98. The van der Waals surface area contributed by atoms with E-state index in [1.165, 1.54) is 31.3 Å². The largest absolute Gasteiger partial charge is 0.435 e. The summed E-state index contributed by atoms with van der Waals surface area (Å²) >= 11 is 0. The SMILES string of the molecule is CNC(=O)O/N=C(\C)c1ccc(OC(F)F)cc1. The predicted molar refractivity (Wildman–Crippen MR) is 60.8 cm³/mol. The second-order valence-corrected chi connectivity index (χ2v) is 3.21. The second kappa shape index (κ2) is 6.53. The maximum absolute atomic E-state index is 11.9. The minimum absolute atomic E-state index is 0.0498. The molecule has 0 aromatic heterocycles. The molecule has 0 spiro atoms. The molecule has 18 heavy (non-hydrogen) atoms. The Morgan fingerprint density at radius 2 is 1.94 bits per heavy atom. The molecule has 0 aliphatic carbocycles. The zero-order chi connectivity index (χ0) is 13.5. The van der Waals surface area contributed by atoms with Gasteiger partial charge < -0.3 is 10.1 Å². The molecule has 0 bridgehead atoms. The van der Waals surface area contributed by atoms with Crippen LogP contribution in [0.4, 0.5) is 13.6 Å². The van der Waals surface area contributed by atoms with Crippen molar-refractivity contribution in [2.24, 2.45) is 5.16 Å². The lowest BCUT2D eigenvalue weighted by atomic mass is 10.1. The summed E-state index contributed by atoms with van der Waals surface area (Å²) in [5.74, 6) is 0.0498. The quantitative estimate of drug-likeness (QED) is 0.512. The highest BCUT2D eigenvalue weighted by atomic mass is 19.3. The lowest BCUT2D eigenvalue weighted by molar-refractivity contribution is -0.0498. The first-order chi connectivity index (χ1) is 8.52. The van der Waals surface area contributed by atoms with Crippen molar-refractivity contribution >= 4 is 11.8 Å². The van der Waals surface area contributed by atoms with E-state index < -0.39 is 12.7 Å². The third kappa shape index (κ3) is 4.36. The van der Waals surface area contributed by atoms with E-state index in [-0.39, 0.29) is 5.75 Å². The molecule has 0 unspecified atom stereocenters. The topological polar surface area (TPSA) is 59.9 Å². The fourth-order valence-corrected chi connectivity index (χ4v) is 1.09. The Morgan fingerprint density at radius 3 is 2.44 bits per heavy atom. The summed E-state index contributed by atoms with van der Waals surface area (Å²) < 4.78 is 28.0. The standard InChI is InChI=1S/C11H12F2N2O3/c1-7(15-18-11(16)14-2)8-3-5-9(6-4-8)17-10(12)13/h3-6,10H,1-2H3,(H,14,16)/b15-7+. The Morgan fingerprint density at radius 1 is 1.33 bits per heavy atom. The summed E-state index contributed by atoms with van der Waals surface area (Å²) in [4.78, 5) is 15.3. The lowest BCUT2D eigenvalue weighted by Crippen LogP contribution is -2.17. The predicted octanol–water partition coefficient (Wildman–Crippen LogP) is 2.37. The molecule has 98 valence electrons. The molecule has 0 radical (unpaired) electrons. The van der Waals surface area contributed by atoms with Gasteiger partial charge in [-0.3, -0.25) is 4.84 Å². The van der Waals surface area contributed by atoms with Crippen LogP contribution < -0.4 is 10.1 Å². The first kappa shape index (κ1) is 13.9. The average Bonchev–Trinajstić information content (AvgIpc) is 2.35. The van der Waals surface area contributed by atoms with E-state index in [1.54, 1.807) is 6.92 Å². The lowest BCUT2D eigenvalue weighted by Gasteiger charge is -2.05. The molecule has 5 nitrogen and oxygen atoms in total. The van der Waals surface area contributed by atoms with E-state index in [9.17, 15) is 13.6 Å². The summed E-state index contributed by atoms with van der Waals surface area (Å²) in [6, 6.07) is 5.81. The molecule has 0 saturated heterocycles. The summed E-state index contributed by atoms with van der Waals surface area (Å²) in [7, 11) is 1.41. The number of hydrogen-bond acceptors (Lipinski definition) is 4. The molecule has 1 aromatic carbocycles. The fourth-order valence-electron chi connectivity index (χ4n) is 1.09. The van der Waals surface area contributed by atoms with Crippen LogP contribution >= 0.6 is 0 Å². The molecular weight excluding hydrogens is 246 g/mol. The van der Waals surface area contributed by atoms with Crippen molar-refractivity contribution in [2.75, 3.05) is 7.05 Å². The number of ether oxygens (including phenoxy) is 1. The van der Waals surface area contributed by atoms with Gasteiger partial charge in [-0.1, -0.05) is 5.16 Å². The van der Waals surface area contributed by atoms with Gasteiger partial charge >= 0.3 is 12.7 Å². The van der Waals surface area contributed by atoms with Crippen molar-refractivity contribution in [3.8, 4) is 5.75 Å². The van der Waals surface area contributed by atoms with E-state index >= 15 is 0 Å². The number of nitrogens with one attached hydrogen (secondary N) is 1. The smallest absolute Gasteiger partial charge is 0.433 e. The maximum atomic E-state index is 11.9. The van der Waals surface area contributed by atoms with Gasteiger partial charge in [-0.15, -0.1) is 0 Å². The van der Waals surface area contributed by atoms with Crippen molar-refractivity contribution in [3.05, 3.63) is 29.8 Å². The normalized spacial score (nSPS) is 11.3. The number of benzene rings is 1. The highest BCUT2D eigenvalue weighted by Crippen LogP contribution is 2.15. The monoisotopic (exact) mass is 258 g/mol. The first-order valence-corrected chi connectivity index (χ1v) is 5.01. The van der Waals surface area contributed by atoms with Crippen molar-refractivity contribution in [2.45, 2.75) is 13.5 Å². The zero-order valence-corrected chi connectivity index (χ0v) is 9.81. The minimum Gasteiger partial charge on any atom is -0.435 e. The van der Waals surface area contributed by atoms with Crippen LogP contribution in [0, 0.1) is 0 Å². The third-order valence-electron chi connectivity index (χ3n) is 1.97. The number of carbonyl (C=O) groups excluding carboxylic acids is 1. The Balaban J connectivity index is 2.69. The minimum atomic E-state index is -2.86. The average molecular weight is 258 g/mol. The van der Waals surface area contributed by atoms with Gasteiger partial charge in [-0.25, -0.2) is 4.79 Å². The number of carbonyl (C=O) groups is 1. The van der Waals surface area contributed by atoms with Gasteiger partial charge in [-0.2, -0.15) is 8.78 Å². The number of amides is 1. The number of nitrogens with zero attached hydrogens (tertiary/aromatic N) is 1. The molecular formula is C11H12F2N2O3. The van der Waals surface area contributed by atoms with Gasteiger partial charge in [0, 0.05) is 7.05 Å². The van der Waals surface area contributed by atoms with Gasteiger partial charge in [0.05, 0.1) is 5.71 Å². The van der Waals surface area contributed by atoms with Crippen molar-refractivity contribution < 1.29 is 23.1 Å². The molecule has 1 aromatic rings. The van der Waals surface area contributed by atoms with E-state index in [2.05, 4.69) is 20.0 Å². The number of oxime groups is 1. The van der Waals surface area contributed by atoms with Gasteiger partial charge in [-0.05, 0) is 36.8 Å². The number of rotatable bonds is 4. The van der Waals surface area contributed by atoms with Gasteiger partial charge in [0.15, 0.2) is 0 Å². The first-order valence-electron chi connectivity index (χ1n) is 5.01. The number of halogens is 2. The van der Waals surface area contributed by atoms with Crippen LogP contribution in [0.3, 0.4) is 0 Å². The van der Waals surface area contributed by atoms with Crippen LogP contribution in [0.1, 0.15) is 12.5 Å². The molecule has 1 rings (SSSR count). The molecule has 0 heterocycles. The molecule has 0 aliphatic rings. The van der Waals surface area contributed by atoms with Crippen molar-refractivity contribution in [3.63, 3.8) is 0 Å². The molecule has 1 N–H and O–H groups in total. The maximum Gasteiger partial charge on any atom is 0.433 e. The number of alkyl halides is 2. The van der Waals surface area contributed by atoms with E-state index in [0.29, 0.717) is 11.3 Å². The molecule has 0 aliphatic heterocycles. The highest BCUT2D eigenvalue weighted by Gasteiger charge is 2.05. The summed E-state index contributed by atoms with van der Waals surface area (Å²) in [5, 5.41) is 5.80. The van der Waals surface area contributed by atoms with Crippen LogP contribution in [0.15, 0.2) is 29.4 Å². The number of hydrogen-bond donors (Lipinski definition) is 1. The van der Waals surface area contributed by atoms with E-state index in [0.717, 1.165) is 0 Å². The van der Waals surface area contributed by atoms with Gasteiger partial charge in [0.1, 0.15) is 5.75 Å². The fraction of sp³-hybridized carbons (Fsp3) is 0.273. The van der Waals surface area contributed by atoms with Gasteiger partial charge in [0.2, 0.25) is 0 Å². The molecule has 0 saturated carbocycles. The van der Waals surface area contributed by atoms with Crippen LogP contribution in [0.25, 0.3) is 0 Å². The van der Waals surface area contributed by atoms with Crippen LogP contribution in [-0.2, 0) is 4.84 Å². The zero-order valence-electron chi connectivity index (χ0n) is 9.81. The Kier molecular flexibility index (Phi) is 5.04.